The van der Waals surface area contributed by atoms with Gasteiger partial charge in [-0.2, -0.15) is 18.3 Å². The number of halogens is 3. The molecule has 31 heavy (non-hydrogen) atoms. The van der Waals surface area contributed by atoms with Gasteiger partial charge >= 0.3 is 6.18 Å². The number of aryl methyl sites for hydroxylation is 1. The number of carbonyl (C=O) groups is 1. The van der Waals surface area contributed by atoms with Crippen LogP contribution in [-0.2, 0) is 6.18 Å². The molecular weight excluding hydrogens is 431 g/mol. The minimum Gasteiger partial charge on any atom is -0.345 e. The van der Waals surface area contributed by atoms with Gasteiger partial charge in [0.15, 0.2) is 10.8 Å². The number of benzene rings is 1. The van der Waals surface area contributed by atoms with Gasteiger partial charge in [0, 0.05) is 49.5 Å². The molecule has 0 aliphatic carbocycles. The molecular formula is C20H18F3N5O2S. The fourth-order valence-electron chi connectivity index (χ4n) is 3.46. The van der Waals surface area contributed by atoms with Crippen LogP contribution in [0.15, 0.2) is 46.7 Å². The van der Waals surface area contributed by atoms with Gasteiger partial charge in [0.2, 0.25) is 5.43 Å². The van der Waals surface area contributed by atoms with E-state index in [2.05, 4.69) is 10.1 Å². The summed E-state index contributed by atoms with van der Waals surface area (Å²) in [6.45, 7) is 3.26. The Morgan fingerprint density at radius 1 is 1.13 bits per heavy atom. The monoisotopic (exact) mass is 449 g/mol. The fourth-order valence-corrected chi connectivity index (χ4v) is 4.16. The van der Waals surface area contributed by atoms with Crippen LogP contribution in [0, 0.1) is 6.92 Å². The average Bonchev–Trinajstić information content (AvgIpc) is 3.28. The van der Waals surface area contributed by atoms with E-state index in [1.807, 2.05) is 10.3 Å². The molecule has 1 amide bonds. The SMILES string of the molecule is Cc1cc(=O)c(C(=O)N2CCN(c3nccs3)CC2)nn1-c1ccccc1C(F)(F)F. The van der Waals surface area contributed by atoms with Crippen LogP contribution in [0.3, 0.4) is 0 Å². The van der Waals surface area contributed by atoms with Crippen molar-refractivity contribution in [3.63, 3.8) is 0 Å². The summed E-state index contributed by atoms with van der Waals surface area (Å²) in [6, 6.07) is 6.06. The molecule has 7 nitrogen and oxygen atoms in total. The summed E-state index contributed by atoms with van der Waals surface area (Å²) < 4.78 is 41.4. The largest absolute Gasteiger partial charge is 0.418 e. The first-order chi connectivity index (χ1) is 14.8. The van der Waals surface area contributed by atoms with Crippen LogP contribution in [-0.4, -0.2) is 51.8 Å². The number of piperazine rings is 1. The van der Waals surface area contributed by atoms with E-state index < -0.39 is 28.8 Å². The Hall–Kier alpha value is -3.21. The van der Waals surface area contributed by atoms with Crippen LogP contribution >= 0.6 is 11.3 Å². The first-order valence-electron chi connectivity index (χ1n) is 9.47. The van der Waals surface area contributed by atoms with E-state index in [4.69, 9.17) is 0 Å². The number of para-hydroxylation sites is 1. The lowest BCUT2D eigenvalue weighted by atomic mass is 10.1. The first kappa shape index (κ1) is 21.0. The lowest BCUT2D eigenvalue weighted by Crippen LogP contribution is -2.50. The highest BCUT2D eigenvalue weighted by Crippen LogP contribution is 2.33. The molecule has 0 unspecified atom stereocenters. The molecule has 2 aromatic heterocycles. The maximum atomic E-state index is 13.5. The molecule has 0 spiro atoms. The predicted molar refractivity (Wildman–Crippen MR) is 110 cm³/mol. The Labute approximate surface area is 179 Å². The number of hydrogen-bond donors (Lipinski definition) is 0. The van der Waals surface area contributed by atoms with Crippen molar-refractivity contribution in [2.45, 2.75) is 13.1 Å². The molecule has 0 saturated carbocycles. The lowest BCUT2D eigenvalue weighted by Gasteiger charge is -2.34. The molecule has 0 bridgehead atoms. The molecule has 4 rings (SSSR count). The number of carbonyl (C=O) groups excluding carboxylic acids is 1. The van der Waals surface area contributed by atoms with Crippen molar-refractivity contribution >= 4 is 22.4 Å². The Balaban J connectivity index is 1.64. The number of aromatic nitrogens is 3. The summed E-state index contributed by atoms with van der Waals surface area (Å²) in [7, 11) is 0. The van der Waals surface area contributed by atoms with Gasteiger partial charge < -0.3 is 9.80 Å². The highest BCUT2D eigenvalue weighted by Gasteiger charge is 2.34. The topological polar surface area (TPSA) is 71.3 Å². The van der Waals surface area contributed by atoms with Crippen molar-refractivity contribution in [3.8, 4) is 5.69 Å². The van der Waals surface area contributed by atoms with E-state index >= 15 is 0 Å². The third kappa shape index (κ3) is 4.18. The number of anilines is 1. The third-order valence-electron chi connectivity index (χ3n) is 5.00. The summed E-state index contributed by atoms with van der Waals surface area (Å²) in [6.07, 6.45) is -2.90. The van der Waals surface area contributed by atoms with E-state index in [1.54, 1.807) is 6.20 Å². The van der Waals surface area contributed by atoms with E-state index in [1.165, 1.54) is 41.4 Å². The minimum absolute atomic E-state index is 0.201. The zero-order valence-corrected chi connectivity index (χ0v) is 17.3. The quantitative estimate of drug-likeness (QED) is 0.615. The molecule has 3 aromatic rings. The highest BCUT2D eigenvalue weighted by molar-refractivity contribution is 7.13. The molecule has 1 aliphatic rings. The van der Waals surface area contributed by atoms with Gasteiger partial charge in [-0.05, 0) is 19.1 Å². The van der Waals surface area contributed by atoms with Crippen molar-refractivity contribution in [2.24, 2.45) is 0 Å². The number of amides is 1. The lowest BCUT2D eigenvalue weighted by molar-refractivity contribution is -0.137. The molecule has 1 aliphatic heterocycles. The normalized spacial score (nSPS) is 14.7. The molecule has 1 aromatic carbocycles. The van der Waals surface area contributed by atoms with Crippen LogP contribution in [0.25, 0.3) is 5.69 Å². The maximum absolute atomic E-state index is 13.5. The Bertz CT molecular complexity index is 1150. The van der Waals surface area contributed by atoms with Crippen LogP contribution in [0.2, 0.25) is 0 Å². The predicted octanol–water partition coefficient (Wildman–Crippen LogP) is 2.98. The second-order valence-electron chi connectivity index (χ2n) is 7.02. The van der Waals surface area contributed by atoms with E-state index in [9.17, 15) is 22.8 Å². The van der Waals surface area contributed by atoms with Crippen LogP contribution in [0.5, 0.6) is 0 Å². The summed E-state index contributed by atoms with van der Waals surface area (Å²) in [5, 5.41) is 6.77. The van der Waals surface area contributed by atoms with Gasteiger partial charge in [-0.1, -0.05) is 12.1 Å². The Morgan fingerprint density at radius 2 is 1.84 bits per heavy atom. The minimum atomic E-state index is -4.61. The van der Waals surface area contributed by atoms with Crippen molar-refractivity contribution < 1.29 is 18.0 Å². The van der Waals surface area contributed by atoms with E-state index in [0.717, 1.165) is 21.9 Å². The van der Waals surface area contributed by atoms with Crippen LogP contribution in [0.4, 0.5) is 18.3 Å². The number of nitrogens with zero attached hydrogens (tertiary/aromatic N) is 5. The Morgan fingerprint density at radius 3 is 2.48 bits per heavy atom. The number of thiazole rings is 1. The van der Waals surface area contributed by atoms with Gasteiger partial charge in [0.05, 0.1) is 11.3 Å². The number of alkyl halides is 3. The molecule has 1 fully saturated rings. The molecule has 3 heterocycles. The maximum Gasteiger partial charge on any atom is 0.418 e. The number of rotatable bonds is 3. The van der Waals surface area contributed by atoms with Crippen molar-refractivity contribution in [2.75, 3.05) is 31.1 Å². The second kappa shape index (κ2) is 8.14. The summed E-state index contributed by atoms with van der Waals surface area (Å²) in [5.74, 6) is -0.595. The van der Waals surface area contributed by atoms with Crippen molar-refractivity contribution in [1.82, 2.24) is 19.7 Å². The molecule has 11 heteroatoms. The van der Waals surface area contributed by atoms with Crippen molar-refractivity contribution in [3.05, 3.63) is 69.1 Å². The fraction of sp³-hybridized carbons (Fsp3) is 0.300. The zero-order valence-electron chi connectivity index (χ0n) is 16.5. The molecule has 1 saturated heterocycles. The smallest absolute Gasteiger partial charge is 0.345 e. The standard InChI is InChI=1S/C20H18F3N5O2S/c1-13-12-16(29)17(25-28(13)15-5-3-2-4-14(15)20(21,22)23)18(30)26-7-9-27(10-8-26)19-24-6-11-31-19/h2-6,11-12H,7-10H2,1H3. The summed E-state index contributed by atoms with van der Waals surface area (Å²) in [4.78, 5) is 33.2. The van der Waals surface area contributed by atoms with Gasteiger partial charge in [0.25, 0.3) is 5.91 Å². The van der Waals surface area contributed by atoms with Gasteiger partial charge in [-0.3, -0.25) is 9.59 Å². The summed E-state index contributed by atoms with van der Waals surface area (Å²) >= 11 is 1.50. The van der Waals surface area contributed by atoms with Crippen molar-refractivity contribution in [1.29, 1.82) is 0 Å². The van der Waals surface area contributed by atoms with Crippen LogP contribution in [0.1, 0.15) is 21.7 Å². The molecule has 0 N–H and O–H groups in total. The highest BCUT2D eigenvalue weighted by atomic mass is 32.1. The van der Waals surface area contributed by atoms with Gasteiger partial charge in [-0.15, -0.1) is 11.3 Å². The molecule has 0 atom stereocenters. The Kier molecular flexibility index (Phi) is 5.52. The van der Waals surface area contributed by atoms with Gasteiger partial charge in [-0.25, -0.2) is 9.67 Å². The zero-order chi connectivity index (χ0) is 22.2. The molecule has 162 valence electrons. The average molecular weight is 449 g/mol. The van der Waals surface area contributed by atoms with E-state index in [-0.39, 0.29) is 11.4 Å². The van der Waals surface area contributed by atoms with E-state index in [0.29, 0.717) is 26.2 Å². The number of hydrogen-bond acceptors (Lipinski definition) is 6. The second-order valence-corrected chi connectivity index (χ2v) is 7.89. The first-order valence-corrected chi connectivity index (χ1v) is 10.3. The summed E-state index contributed by atoms with van der Waals surface area (Å²) in [5.41, 5.74) is -1.96. The van der Waals surface area contributed by atoms with Gasteiger partial charge in [0.1, 0.15) is 0 Å². The third-order valence-corrected chi connectivity index (χ3v) is 5.84. The molecule has 0 radical (unpaired) electrons. The van der Waals surface area contributed by atoms with Crippen LogP contribution < -0.4 is 10.3 Å².